The van der Waals surface area contributed by atoms with Crippen molar-refractivity contribution in [2.45, 2.75) is 6.42 Å². The molecule has 0 saturated carbocycles. The van der Waals surface area contributed by atoms with Crippen LogP contribution in [-0.4, -0.2) is 60.3 Å². The topological polar surface area (TPSA) is 55.8 Å². The van der Waals surface area contributed by atoms with E-state index in [1.165, 1.54) is 0 Å². The number of benzene rings is 1. The molecule has 1 aliphatic rings. The third-order valence-electron chi connectivity index (χ3n) is 3.41. The van der Waals surface area contributed by atoms with Gasteiger partial charge in [0.25, 0.3) is 0 Å². The second kappa shape index (κ2) is 7.84. The van der Waals surface area contributed by atoms with Crippen molar-refractivity contribution in [3.63, 3.8) is 0 Å². The first-order chi connectivity index (χ1) is 10.1. The summed E-state index contributed by atoms with van der Waals surface area (Å²) in [5.41, 5.74) is 0.592. The van der Waals surface area contributed by atoms with Gasteiger partial charge < -0.3 is 15.3 Å². The maximum absolute atomic E-state index is 12.3. The molecule has 2 N–H and O–H groups in total. The highest BCUT2D eigenvalue weighted by molar-refractivity contribution is 6.35. The van der Waals surface area contributed by atoms with E-state index in [1.807, 2.05) is 0 Å². The number of carbonyl (C=O) groups excluding carboxylic acids is 1. The van der Waals surface area contributed by atoms with Crippen molar-refractivity contribution in [1.29, 1.82) is 0 Å². The summed E-state index contributed by atoms with van der Waals surface area (Å²) in [6.45, 7) is 3.80. The average molecular weight is 332 g/mol. The Hall–Kier alpha value is -1.01. The minimum absolute atomic E-state index is 0.146. The van der Waals surface area contributed by atoms with Crippen molar-refractivity contribution >= 4 is 34.9 Å². The molecule has 0 unspecified atom stereocenters. The van der Waals surface area contributed by atoms with E-state index < -0.39 is 0 Å². The molecule has 0 aromatic heterocycles. The number of nitrogens with zero attached hydrogens (tertiary/aromatic N) is 2. The fourth-order valence-corrected chi connectivity index (χ4v) is 2.89. The van der Waals surface area contributed by atoms with Crippen LogP contribution >= 0.6 is 23.2 Å². The lowest BCUT2D eigenvalue weighted by Crippen LogP contribution is -2.38. The highest BCUT2D eigenvalue weighted by Gasteiger charge is 2.19. The molecule has 1 aliphatic heterocycles. The molecule has 2 amide bonds. The van der Waals surface area contributed by atoms with Gasteiger partial charge in [-0.05, 0) is 31.2 Å². The highest BCUT2D eigenvalue weighted by Crippen LogP contribution is 2.22. The summed E-state index contributed by atoms with van der Waals surface area (Å²) in [4.78, 5) is 16.2. The van der Waals surface area contributed by atoms with Crippen LogP contribution in [0.4, 0.5) is 10.5 Å². The number of β-amino-alcohol motifs (C(OH)–C–C–N with tert-alkyl or cyclic N) is 1. The summed E-state index contributed by atoms with van der Waals surface area (Å²) >= 11 is 11.8. The van der Waals surface area contributed by atoms with Crippen molar-refractivity contribution in [2.75, 3.05) is 44.6 Å². The second-order valence-electron chi connectivity index (χ2n) is 4.99. The summed E-state index contributed by atoms with van der Waals surface area (Å²) in [5, 5.41) is 12.8. The number of urea groups is 1. The third kappa shape index (κ3) is 5.04. The number of hydrogen-bond acceptors (Lipinski definition) is 3. The van der Waals surface area contributed by atoms with Crippen molar-refractivity contribution < 1.29 is 9.90 Å². The number of halogens is 2. The molecular formula is C14H19Cl2N3O2. The zero-order valence-corrected chi connectivity index (χ0v) is 13.2. The Morgan fingerprint density at radius 2 is 1.86 bits per heavy atom. The van der Waals surface area contributed by atoms with Gasteiger partial charge in [0.2, 0.25) is 0 Å². The Labute approximate surface area is 134 Å². The van der Waals surface area contributed by atoms with E-state index in [0.717, 1.165) is 19.5 Å². The number of anilines is 1. The van der Waals surface area contributed by atoms with Crippen LogP contribution in [0, 0.1) is 0 Å². The van der Waals surface area contributed by atoms with Crippen molar-refractivity contribution in [3.8, 4) is 0 Å². The molecule has 0 radical (unpaired) electrons. The van der Waals surface area contributed by atoms with Gasteiger partial charge in [0.1, 0.15) is 0 Å². The van der Waals surface area contributed by atoms with Gasteiger partial charge in [0.05, 0.1) is 6.61 Å². The Morgan fingerprint density at radius 3 is 2.52 bits per heavy atom. The predicted molar refractivity (Wildman–Crippen MR) is 85.2 cm³/mol. The van der Waals surface area contributed by atoms with Gasteiger partial charge in [-0.2, -0.15) is 0 Å². The number of rotatable bonds is 3. The monoisotopic (exact) mass is 331 g/mol. The molecule has 0 bridgehead atoms. The lowest BCUT2D eigenvalue weighted by atomic mass is 10.3. The van der Waals surface area contributed by atoms with E-state index in [2.05, 4.69) is 10.2 Å². The van der Waals surface area contributed by atoms with Crippen molar-refractivity contribution in [1.82, 2.24) is 9.80 Å². The summed E-state index contributed by atoms with van der Waals surface area (Å²) < 4.78 is 0. The molecular weight excluding hydrogens is 313 g/mol. The number of nitrogens with one attached hydrogen (secondary N) is 1. The summed E-state index contributed by atoms with van der Waals surface area (Å²) in [5.74, 6) is 0. The van der Waals surface area contributed by atoms with E-state index in [-0.39, 0.29) is 12.6 Å². The van der Waals surface area contributed by atoms with Crippen molar-refractivity contribution in [3.05, 3.63) is 28.2 Å². The molecule has 1 aromatic rings. The number of carbonyl (C=O) groups is 1. The van der Waals surface area contributed by atoms with Crippen LogP contribution in [0.15, 0.2) is 18.2 Å². The smallest absolute Gasteiger partial charge is 0.321 e. The van der Waals surface area contributed by atoms with Crippen molar-refractivity contribution in [2.24, 2.45) is 0 Å². The molecule has 5 nitrogen and oxygen atoms in total. The molecule has 21 heavy (non-hydrogen) atoms. The van der Waals surface area contributed by atoms with E-state index in [9.17, 15) is 4.79 Å². The van der Waals surface area contributed by atoms with Crippen LogP contribution in [0.5, 0.6) is 0 Å². The van der Waals surface area contributed by atoms with E-state index in [0.29, 0.717) is 35.4 Å². The SMILES string of the molecule is O=C(Nc1cc(Cl)cc(Cl)c1)N1CCCN(CCO)CC1. The van der Waals surface area contributed by atoms with Crippen LogP contribution in [0.3, 0.4) is 0 Å². The standard InChI is InChI=1S/C14H19Cl2N3O2/c15-11-8-12(16)10-13(9-11)17-14(21)19-3-1-2-18(4-5-19)6-7-20/h8-10,20H,1-7H2,(H,17,21). The normalized spacial score (nSPS) is 16.6. The average Bonchev–Trinajstić information content (AvgIpc) is 2.63. The van der Waals surface area contributed by atoms with Crippen LogP contribution in [0.1, 0.15) is 6.42 Å². The molecule has 2 rings (SSSR count). The minimum Gasteiger partial charge on any atom is -0.395 e. The minimum atomic E-state index is -0.154. The first kappa shape index (κ1) is 16.4. The number of aliphatic hydroxyl groups is 1. The van der Waals surface area contributed by atoms with Gasteiger partial charge in [-0.3, -0.25) is 4.90 Å². The predicted octanol–water partition coefficient (Wildman–Crippen LogP) is 2.53. The first-order valence-corrected chi connectivity index (χ1v) is 7.69. The summed E-state index contributed by atoms with van der Waals surface area (Å²) in [6.07, 6.45) is 0.893. The van der Waals surface area contributed by atoms with E-state index in [1.54, 1.807) is 23.1 Å². The van der Waals surface area contributed by atoms with E-state index in [4.69, 9.17) is 28.3 Å². The maximum Gasteiger partial charge on any atom is 0.321 e. The third-order valence-corrected chi connectivity index (χ3v) is 3.84. The lowest BCUT2D eigenvalue weighted by Gasteiger charge is -2.22. The lowest BCUT2D eigenvalue weighted by molar-refractivity contribution is 0.194. The highest BCUT2D eigenvalue weighted by atomic mass is 35.5. The molecule has 7 heteroatoms. The van der Waals surface area contributed by atoms with Crippen LogP contribution < -0.4 is 5.32 Å². The second-order valence-corrected chi connectivity index (χ2v) is 5.87. The molecule has 1 fully saturated rings. The maximum atomic E-state index is 12.3. The summed E-state index contributed by atoms with van der Waals surface area (Å²) in [6, 6.07) is 4.80. The van der Waals surface area contributed by atoms with Gasteiger partial charge >= 0.3 is 6.03 Å². The fourth-order valence-electron chi connectivity index (χ4n) is 2.37. The number of hydrogen-bond donors (Lipinski definition) is 2. The quantitative estimate of drug-likeness (QED) is 0.894. The molecule has 1 aromatic carbocycles. The Kier molecular flexibility index (Phi) is 6.11. The van der Waals surface area contributed by atoms with Gasteiger partial charge in [-0.1, -0.05) is 23.2 Å². The Balaban J connectivity index is 1.93. The Bertz CT molecular complexity index is 479. The van der Waals surface area contributed by atoms with Crippen LogP contribution in [0.25, 0.3) is 0 Å². The van der Waals surface area contributed by atoms with Crippen LogP contribution in [-0.2, 0) is 0 Å². The molecule has 0 atom stereocenters. The van der Waals surface area contributed by atoms with Gasteiger partial charge in [0.15, 0.2) is 0 Å². The summed E-state index contributed by atoms with van der Waals surface area (Å²) in [7, 11) is 0. The zero-order valence-electron chi connectivity index (χ0n) is 11.7. The first-order valence-electron chi connectivity index (χ1n) is 6.94. The van der Waals surface area contributed by atoms with E-state index >= 15 is 0 Å². The largest absolute Gasteiger partial charge is 0.395 e. The van der Waals surface area contributed by atoms with Gasteiger partial charge in [-0.25, -0.2) is 4.79 Å². The van der Waals surface area contributed by atoms with Crippen LogP contribution in [0.2, 0.25) is 10.0 Å². The van der Waals surface area contributed by atoms with Gasteiger partial charge in [-0.15, -0.1) is 0 Å². The molecule has 1 saturated heterocycles. The molecule has 1 heterocycles. The zero-order chi connectivity index (χ0) is 15.2. The number of aliphatic hydroxyl groups excluding tert-OH is 1. The number of amides is 2. The molecule has 0 spiro atoms. The fraction of sp³-hybridized carbons (Fsp3) is 0.500. The Morgan fingerprint density at radius 1 is 1.14 bits per heavy atom. The molecule has 116 valence electrons. The molecule has 0 aliphatic carbocycles. The van der Waals surface area contributed by atoms with Gasteiger partial charge in [0, 0.05) is 41.9 Å².